The molecule has 0 aliphatic heterocycles. The van der Waals surface area contributed by atoms with Gasteiger partial charge in [0.15, 0.2) is 0 Å². The summed E-state index contributed by atoms with van der Waals surface area (Å²) in [6.45, 7) is 4.76. The van der Waals surface area contributed by atoms with Gasteiger partial charge >= 0.3 is 0 Å². The molecule has 23 heavy (non-hydrogen) atoms. The summed E-state index contributed by atoms with van der Waals surface area (Å²) in [7, 11) is 0. The van der Waals surface area contributed by atoms with Gasteiger partial charge in [-0.2, -0.15) is 0 Å². The van der Waals surface area contributed by atoms with Crippen LogP contribution in [0, 0.1) is 11.8 Å². The molecule has 2 saturated carbocycles. The van der Waals surface area contributed by atoms with Gasteiger partial charge in [0.25, 0.3) is 5.91 Å². The van der Waals surface area contributed by atoms with Gasteiger partial charge in [-0.3, -0.25) is 9.59 Å². The number of hydrogen-bond acceptors (Lipinski definition) is 2. The first kappa shape index (κ1) is 16.3. The quantitative estimate of drug-likeness (QED) is 0.739. The molecule has 0 aromatic heterocycles. The minimum absolute atomic E-state index is 0.0123. The van der Waals surface area contributed by atoms with E-state index in [4.69, 9.17) is 0 Å². The number of carbonyl (C=O) groups is 2. The molecule has 4 heteroatoms. The van der Waals surface area contributed by atoms with Gasteiger partial charge in [-0.1, -0.05) is 5.57 Å². The molecule has 2 fully saturated rings. The average Bonchev–Trinajstić information content (AvgIpc) is 3.39. The van der Waals surface area contributed by atoms with Crippen molar-refractivity contribution in [3.05, 3.63) is 22.4 Å². The minimum Gasteiger partial charge on any atom is -0.352 e. The molecule has 0 radical (unpaired) electrons. The third-order valence-corrected chi connectivity index (χ3v) is 5.15. The van der Waals surface area contributed by atoms with Gasteiger partial charge in [0.05, 0.1) is 5.57 Å². The summed E-state index contributed by atoms with van der Waals surface area (Å²) in [6.07, 6.45) is 8.70. The SMILES string of the molecule is CC1=C(/C(C(=O)NCC2CC2)=C(\C)NC(=O)C2CC2)CCCC1. The lowest BCUT2D eigenvalue weighted by Gasteiger charge is -2.22. The van der Waals surface area contributed by atoms with E-state index in [1.807, 2.05) is 6.92 Å². The maximum atomic E-state index is 12.8. The van der Waals surface area contributed by atoms with E-state index in [-0.39, 0.29) is 17.7 Å². The second kappa shape index (κ2) is 6.90. The van der Waals surface area contributed by atoms with E-state index < -0.39 is 0 Å². The van der Waals surface area contributed by atoms with Crippen molar-refractivity contribution < 1.29 is 9.59 Å². The molecule has 0 spiro atoms. The van der Waals surface area contributed by atoms with Crippen LogP contribution in [0.25, 0.3) is 0 Å². The van der Waals surface area contributed by atoms with Crippen LogP contribution in [0.5, 0.6) is 0 Å². The smallest absolute Gasteiger partial charge is 0.253 e. The zero-order valence-electron chi connectivity index (χ0n) is 14.3. The van der Waals surface area contributed by atoms with Crippen LogP contribution in [0.4, 0.5) is 0 Å². The van der Waals surface area contributed by atoms with Crippen molar-refractivity contribution in [3.8, 4) is 0 Å². The topological polar surface area (TPSA) is 58.2 Å². The van der Waals surface area contributed by atoms with Gasteiger partial charge in [0.2, 0.25) is 5.91 Å². The monoisotopic (exact) mass is 316 g/mol. The van der Waals surface area contributed by atoms with Crippen molar-refractivity contribution in [3.63, 3.8) is 0 Å². The first-order chi connectivity index (χ1) is 11.1. The largest absolute Gasteiger partial charge is 0.352 e. The normalized spacial score (nSPS) is 22.5. The van der Waals surface area contributed by atoms with Crippen LogP contribution in [-0.2, 0) is 9.59 Å². The Morgan fingerprint density at radius 2 is 1.78 bits per heavy atom. The van der Waals surface area contributed by atoms with Gasteiger partial charge in [0.1, 0.15) is 0 Å². The summed E-state index contributed by atoms with van der Waals surface area (Å²) < 4.78 is 0. The van der Waals surface area contributed by atoms with Gasteiger partial charge in [0, 0.05) is 18.2 Å². The number of carbonyl (C=O) groups excluding carboxylic acids is 2. The highest BCUT2D eigenvalue weighted by atomic mass is 16.2. The predicted octanol–water partition coefficient (Wildman–Crippen LogP) is 3.20. The van der Waals surface area contributed by atoms with E-state index in [0.717, 1.165) is 55.5 Å². The van der Waals surface area contributed by atoms with Gasteiger partial charge < -0.3 is 10.6 Å². The van der Waals surface area contributed by atoms with Crippen molar-refractivity contribution in [1.29, 1.82) is 0 Å². The van der Waals surface area contributed by atoms with E-state index in [1.54, 1.807) is 0 Å². The highest BCUT2D eigenvalue weighted by Gasteiger charge is 2.31. The van der Waals surface area contributed by atoms with E-state index >= 15 is 0 Å². The van der Waals surface area contributed by atoms with Crippen molar-refractivity contribution in [2.45, 2.75) is 65.2 Å². The Balaban J connectivity index is 1.81. The van der Waals surface area contributed by atoms with E-state index in [1.165, 1.54) is 24.8 Å². The van der Waals surface area contributed by atoms with Crippen molar-refractivity contribution in [1.82, 2.24) is 10.6 Å². The van der Waals surface area contributed by atoms with Gasteiger partial charge in [-0.15, -0.1) is 0 Å². The summed E-state index contributed by atoms with van der Waals surface area (Å²) in [6, 6.07) is 0. The minimum atomic E-state index is -0.0123. The molecule has 3 rings (SSSR count). The Kier molecular flexibility index (Phi) is 4.88. The van der Waals surface area contributed by atoms with Crippen molar-refractivity contribution in [2.75, 3.05) is 6.54 Å². The lowest BCUT2D eigenvalue weighted by atomic mass is 9.86. The van der Waals surface area contributed by atoms with Crippen LogP contribution in [0.15, 0.2) is 22.4 Å². The van der Waals surface area contributed by atoms with E-state index in [2.05, 4.69) is 17.6 Å². The van der Waals surface area contributed by atoms with Crippen LogP contribution >= 0.6 is 0 Å². The Labute approximate surface area is 138 Å². The number of allylic oxidation sites excluding steroid dienone is 2. The van der Waals surface area contributed by atoms with Crippen LogP contribution in [0.2, 0.25) is 0 Å². The van der Waals surface area contributed by atoms with Crippen LogP contribution in [0.3, 0.4) is 0 Å². The van der Waals surface area contributed by atoms with E-state index in [9.17, 15) is 9.59 Å². The highest BCUT2D eigenvalue weighted by Crippen LogP contribution is 2.33. The molecule has 0 atom stereocenters. The van der Waals surface area contributed by atoms with Crippen LogP contribution in [0.1, 0.15) is 65.2 Å². The third kappa shape index (κ3) is 4.24. The van der Waals surface area contributed by atoms with Crippen LogP contribution < -0.4 is 10.6 Å². The molecule has 3 aliphatic rings. The maximum Gasteiger partial charge on any atom is 0.253 e. The molecule has 3 aliphatic carbocycles. The van der Waals surface area contributed by atoms with Gasteiger partial charge in [-0.25, -0.2) is 0 Å². The van der Waals surface area contributed by atoms with Crippen molar-refractivity contribution >= 4 is 11.8 Å². The fraction of sp³-hybridized carbons (Fsp3) is 0.684. The number of hydrogen-bond donors (Lipinski definition) is 2. The molecule has 2 N–H and O–H groups in total. The standard InChI is InChI=1S/C19H28N2O2/c1-12-5-3-4-6-16(12)17(19(23)20-11-14-7-8-14)13(2)21-18(22)15-9-10-15/h14-15H,3-11H2,1-2H3,(H,20,23)(H,21,22)/b17-13-. The molecule has 0 aromatic carbocycles. The molecular formula is C19H28N2O2. The summed E-state index contributed by atoms with van der Waals surface area (Å²) >= 11 is 0. The Morgan fingerprint density at radius 3 is 2.39 bits per heavy atom. The second-order valence-electron chi connectivity index (χ2n) is 7.38. The van der Waals surface area contributed by atoms with Gasteiger partial charge in [-0.05, 0) is 76.7 Å². The highest BCUT2D eigenvalue weighted by molar-refractivity contribution is 5.99. The van der Waals surface area contributed by atoms with Crippen molar-refractivity contribution in [2.24, 2.45) is 11.8 Å². The first-order valence-corrected chi connectivity index (χ1v) is 9.05. The Hall–Kier alpha value is -1.58. The fourth-order valence-corrected chi connectivity index (χ4v) is 3.27. The molecule has 0 heterocycles. The molecule has 4 nitrogen and oxygen atoms in total. The molecule has 0 bridgehead atoms. The molecular weight excluding hydrogens is 288 g/mol. The lowest BCUT2D eigenvalue weighted by molar-refractivity contribution is -0.121. The summed E-state index contributed by atoms with van der Waals surface area (Å²) in [5.74, 6) is 0.871. The average molecular weight is 316 g/mol. The maximum absolute atomic E-state index is 12.8. The lowest BCUT2D eigenvalue weighted by Crippen LogP contribution is -2.32. The molecule has 0 unspecified atom stereocenters. The molecule has 0 aromatic rings. The predicted molar refractivity (Wildman–Crippen MR) is 90.5 cm³/mol. The Bertz CT molecular complexity index is 566. The zero-order valence-corrected chi connectivity index (χ0v) is 14.3. The second-order valence-corrected chi connectivity index (χ2v) is 7.38. The zero-order chi connectivity index (χ0) is 16.4. The third-order valence-electron chi connectivity index (χ3n) is 5.15. The number of nitrogens with one attached hydrogen (secondary N) is 2. The fourth-order valence-electron chi connectivity index (χ4n) is 3.27. The van der Waals surface area contributed by atoms with Crippen LogP contribution in [-0.4, -0.2) is 18.4 Å². The Morgan fingerprint density at radius 1 is 1.09 bits per heavy atom. The summed E-state index contributed by atoms with van der Waals surface area (Å²) in [5, 5.41) is 6.07. The first-order valence-electron chi connectivity index (χ1n) is 9.05. The molecule has 0 saturated heterocycles. The number of rotatable bonds is 6. The van der Waals surface area contributed by atoms with E-state index in [0.29, 0.717) is 5.92 Å². The molecule has 2 amide bonds. The summed E-state index contributed by atoms with van der Waals surface area (Å²) in [5.41, 5.74) is 3.90. The summed E-state index contributed by atoms with van der Waals surface area (Å²) in [4.78, 5) is 24.9. The molecule has 126 valence electrons. The number of amides is 2.